The molecular formula is C27H26N2O5. The van der Waals surface area contributed by atoms with Crippen molar-refractivity contribution in [3.8, 4) is 0 Å². The number of ketones is 1. The second-order valence-corrected chi connectivity index (χ2v) is 8.24. The van der Waals surface area contributed by atoms with E-state index in [4.69, 9.17) is 4.74 Å². The Kier molecular flexibility index (Phi) is 7.22. The Morgan fingerprint density at radius 1 is 0.882 bits per heavy atom. The van der Waals surface area contributed by atoms with E-state index in [0.29, 0.717) is 17.7 Å². The second-order valence-electron chi connectivity index (χ2n) is 8.24. The van der Waals surface area contributed by atoms with Crippen LogP contribution in [0.1, 0.15) is 34.3 Å². The summed E-state index contributed by atoms with van der Waals surface area (Å²) in [5, 5.41) is 12.2. The molecule has 1 aliphatic rings. The maximum absolute atomic E-state index is 13.3. The summed E-state index contributed by atoms with van der Waals surface area (Å²) in [5.74, 6) is -0.277. The molecule has 3 aromatic rings. The zero-order valence-electron chi connectivity index (χ0n) is 18.6. The van der Waals surface area contributed by atoms with Crippen LogP contribution < -0.4 is 10.2 Å². The molecule has 1 unspecified atom stereocenters. The third-order valence-corrected chi connectivity index (χ3v) is 5.65. The smallest absolute Gasteiger partial charge is 0.412 e. The van der Waals surface area contributed by atoms with Crippen LogP contribution in [0.15, 0.2) is 84.9 Å². The maximum atomic E-state index is 13.3. The zero-order valence-corrected chi connectivity index (χ0v) is 18.6. The average molecular weight is 459 g/mol. The van der Waals surface area contributed by atoms with Gasteiger partial charge in [0.05, 0.1) is 6.04 Å². The summed E-state index contributed by atoms with van der Waals surface area (Å²) in [4.78, 5) is 38.7. The van der Waals surface area contributed by atoms with E-state index in [0.717, 1.165) is 24.0 Å². The Morgan fingerprint density at radius 3 is 2.03 bits per heavy atom. The predicted molar refractivity (Wildman–Crippen MR) is 128 cm³/mol. The van der Waals surface area contributed by atoms with Crippen molar-refractivity contribution in [1.29, 1.82) is 0 Å². The molecule has 0 aromatic heterocycles. The van der Waals surface area contributed by atoms with Crippen molar-refractivity contribution < 1.29 is 24.2 Å². The molecule has 1 atom stereocenters. The molecule has 0 heterocycles. The van der Waals surface area contributed by atoms with Crippen LogP contribution in [0, 0.1) is 0 Å². The first-order valence-electron chi connectivity index (χ1n) is 11.2. The van der Waals surface area contributed by atoms with Gasteiger partial charge in [0, 0.05) is 23.7 Å². The first-order valence-corrected chi connectivity index (χ1v) is 11.2. The fourth-order valence-electron chi connectivity index (χ4n) is 3.76. The molecule has 4 rings (SSSR count). The van der Waals surface area contributed by atoms with E-state index in [1.165, 1.54) is 4.90 Å². The fraction of sp³-hybridized carbons (Fsp3) is 0.222. The van der Waals surface area contributed by atoms with Gasteiger partial charge in [-0.25, -0.2) is 9.59 Å². The molecule has 2 N–H and O–H groups in total. The molecule has 1 saturated carbocycles. The molecule has 174 valence electrons. The van der Waals surface area contributed by atoms with Crippen molar-refractivity contribution in [3.63, 3.8) is 0 Å². The molecule has 3 aromatic carbocycles. The summed E-state index contributed by atoms with van der Waals surface area (Å²) >= 11 is 0. The number of Topliss-reactive ketones (excluding diaryl/α,β-unsaturated/α-hetero) is 1. The summed E-state index contributed by atoms with van der Waals surface area (Å²) in [6, 6.07) is 24.3. The third kappa shape index (κ3) is 6.01. The zero-order chi connectivity index (χ0) is 23.9. The average Bonchev–Trinajstić information content (AvgIpc) is 3.69. The van der Waals surface area contributed by atoms with Crippen LogP contribution in [0.2, 0.25) is 0 Å². The lowest BCUT2D eigenvalue weighted by molar-refractivity contribution is 0.0916. The highest BCUT2D eigenvalue weighted by Gasteiger charge is 2.34. The highest BCUT2D eigenvalue weighted by Crippen LogP contribution is 2.32. The molecule has 0 spiro atoms. The van der Waals surface area contributed by atoms with E-state index in [9.17, 15) is 19.5 Å². The molecule has 0 aliphatic heterocycles. The first kappa shape index (κ1) is 23.0. The normalized spacial score (nSPS) is 13.5. The van der Waals surface area contributed by atoms with Crippen LogP contribution in [-0.4, -0.2) is 35.2 Å². The number of carbonyl (C=O) groups excluding carboxylic acids is 2. The molecule has 0 bridgehead atoms. The fourth-order valence-corrected chi connectivity index (χ4v) is 3.76. The Morgan fingerprint density at radius 2 is 1.47 bits per heavy atom. The standard InChI is InChI=1S/C27H26N2O5/c30-25(21-11-13-22(14-12-21)29(27(32)33)23-15-16-23)24(17-19-7-3-1-4-8-19)28-26(31)34-18-20-9-5-2-6-10-20/h1-14,23-24H,15-18H2,(H,28,31)(H,32,33). The van der Waals surface area contributed by atoms with Crippen molar-refractivity contribution in [1.82, 2.24) is 5.32 Å². The van der Waals surface area contributed by atoms with Gasteiger partial charge in [-0.3, -0.25) is 9.69 Å². The van der Waals surface area contributed by atoms with Gasteiger partial charge in [-0.2, -0.15) is 0 Å². The molecule has 0 saturated heterocycles. The second kappa shape index (κ2) is 10.7. The van der Waals surface area contributed by atoms with Crippen molar-refractivity contribution in [2.75, 3.05) is 4.90 Å². The Hall–Kier alpha value is -4.13. The van der Waals surface area contributed by atoms with Gasteiger partial charge in [0.25, 0.3) is 0 Å². The summed E-state index contributed by atoms with van der Waals surface area (Å²) in [6.45, 7) is 0.0970. The molecule has 7 heteroatoms. The van der Waals surface area contributed by atoms with E-state index >= 15 is 0 Å². The number of benzene rings is 3. The molecule has 0 radical (unpaired) electrons. The monoisotopic (exact) mass is 458 g/mol. The minimum Gasteiger partial charge on any atom is -0.465 e. The summed E-state index contributed by atoms with van der Waals surface area (Å²) in [6.07, 6.45) is 0.278. The Labute approximate surface area is 198 Å². The van der Waals surface area contributed by atoms with Crippen molar-refractivity contribution in [2.24, 2.45) is 0 Å². The molecule has 34 heavy (non-hydrogen) atoms. The van der Waals surface area contributed by atoms with Crippen LogP contribution >= 0.6 is 0 Å². The molecular weight excluding hydrogens is 432 g/mol. The van der Waals surface area contributed by atoms with Gasteiger partial charge in [0.1, 0.15) is 6.61 Å². The number of rotatable bonds is 9. The largest absolute Gasteiger partial charge is 0.465 e. The number of hydrogen-bond acceptors (Lipinski definition) is 4. The molecule has 1 fully saturated rings. The quantitative estimate of drug-likeness (QED) is 0.437. The topological polar surface area (TPSA) is 95.9 Å². The highest BCUT2D eigenvalue weighted by atomic mass is 16.5. The maximum Gasteiger partial charge on any atom is 0.412 e. The van der Waals surface area contributed by atoms with Gasteiger partial charge in [0.2, 0.25) is 0 Å². The van der Waals surface area contributed by atoms with Crippen LogP contribution in [0.3, 0.4) is 0 Å². The van der Waals surface area contributed by atoms with Crippen molar-refractivity contribution >= 4 is 23.7 Å². The summed E-state index contributed by atoms with van der Waals surface area (Å²) in [5.41, 5.74) is 2.65. The van der Waals surface area contributed by atoms with Gasteiger partial charge < -0.3 is 15.2 Å². The minimum atomic E-state index is -1.01. The lowest BCUT2D eigenvalue weighted by Crippen LogP contribution is -2.42. The molecule has 1 aliphatic carbocycles. The van der Waals surface area contributed by atoms with E-state index in [1.807, 2.05) is 60.7 Å². The summed E-state index contributed by atoms with van der Waals surface area (Å²) < 4.78 is 5.32. The van der Waals surface area contributed by atoms with Crippen LogP contribution in [-0.2, 0) is 17.8 Å². The number of hydrogen-bond donors (Lipinski definition) is 2. The number of nitrogens with zero attached hydrogens (tertiary/aromatic N) is 1. The number of carbonyl (C=O) groups is 3. The number of nitrogens with one attached hydrogen (secondary N) is 1. The number of alkyl carbamates (subject to hydrolysis) is 1. The van der Waals surface area contributed by atoms with E-state index in [-0.39, 0.29) is 18.4 Å². The Balaban J connectivity index is 1.47. The number of amides is 2. The van der Waals surface area contributed by atoms with Gasteiger partial charge >= 0.3 is 12.2 Å². The minimum absolute atomic E-state index is 0.00840. The SMILES string of the molecule is O=C(NC(Cc1ccccc1)C(=O)c1ccc(N(C(=O)O)C2CC2)cc1)OCc1ccccc1. The van der Waals surface area contributed by atoms with Gasteiger partial charge in [-0.05, 0) is 48.2 Å². The van der Waals surface area contributed by atoms with Crippen LogP contribution in [0.5, 0.6) is 0 Å². The van der Waals surface area contributed by atoms with Crippen LogP contribution in [0.4, 0.5) is 15.3 Å². The number of anilines is 1. The molecule has 2 amide bonds. The van der Waals surface area contributed by atoms with E-state index < -0.39 is 18.2 Å². The van der Waals surface area contributed by atoms with Gasteiger partial charge in [-0.1, -0.05) is 60.7 Å². The lowest BCUT2D eigenvalue weighted by atomic mass is 9.97. The summed E-state index contributed by atoms with van der Waals surface area (Å²) in [7, 11) is 0. The third-order valence-electron chi connectivity index (χ3n) is 5.65. The highest BCUT2D eigenvalue weighted by molar-refractivity contribution is 6.02. The van der Waals surface area contributed by atoms with Gasteiger partial charge in [0.15, 0.2) is 5.78 Å². The molecule has 7 nitrogen and oxygen atoms in total. The number of carboxylic acid groups (broad SMARTS) is 1. The lowest BCUT2D eigenvalue weighted by Gasteiger charge is -2.20. The van der Waals surface area contributed by atoms with Crippen molar-refractivity contribution in [3.05, 3.63) is 102 Å². The van der Waals surface area contributed by atoms with Crippen molar-refractivity contribution in [2.45, 2.75) is 38.0 Å². The first-order chi connectivity index (χ1) is 16.5. The number of ether oxygens (including phenoxy) is 1. The van der Waals surface area contributed by atoms with Crippen LogP contribution in [0.25, 0.3) is 0 Å². The van der Waals surface area contributed by atoms with E-state index in [1.54, 1.807) is 24.3 Å². The Bertz CT molecular complexity index is 1130. The predicted octanol–water partition coefficient (Wildman–Crippen LogP) is 5.05. The van der Waals surface area contributed by atoms with Gasteiger partial charge in [-0.15, -0.1) is 0 Å². The van der Waals surface area contributed by atoms with E-state index in [2.05, 4.69) is 5.32 Å².